The number of hydrogen-bond donors (Lipinski definition) is 2. The quantitative estimate of drug-likeness (QED) is 0.751. The van der Waals surface area contributed by atoms with E-state index in [9.17, 15) is 27.9 Å². The van der Waals surface area contributed by atoms with Gasteiger partial charge in [-0.2, -0.15) is 13.2 Å². The summed E-state index contributed by atoms with van der Waals surface area (Å²) >= 11 is 0. The van der Waals surface area contributed by atoms with E-state index in [1.165, 1.54) is 0 Å². The summed E-state index contributed by atoms with van der Waals surface area (Å²) in [5.41, 5.74) is 0.443. The minimum atomic E-state index is -4.46. The Bertz CT molecular complexity index is 927. The minimum absolute atomic E-state index is 0.0915. The molecule has 1 aliphatic heterocycles. The van der Waals surface area contributed by atoms with Crippen molar-refractivity contribution in [3.05, 3.63) is 65.2 Å². The van der Waals surface area contributed by atoms with Gasteiger partial charge >= 0.3 is 6.18 Å². The van der Waals surface area contributed by atoms with Crippen LogP contribution in [0.25, 0.3) is 0 Å². The van der Waals surface area contributed by atoms with Crippen LogP contribution in [0.3, 0.4) is 0 Å². The predicted octanol–water partition coefficient (Wildman–Crippen LogP) is 3.63. The summed E-state index contributed by atoms with van der Waals surface area (Å²) in [6.45, 7) is 3.37. The van der Waals surface area contributed by atoms with Gasteiger partial charge in [0.2, 0.25) is 5.91 Å². The van der Waals surface area contributed by atoms with Crippen LogP contribution in [-0.4, -0.2) is 47.1 Å². The third-order valence-corrected chi connectivity index (χ3v) is 5.10. The van der Waals surface area contributed by atoms with Crippen LogP contribution in [-0.2, 0) is 15.7 Å². The van der Waals surface area contributed by atoms with Crippen molar-refractivity contribution in [1.29, 1.82) is 0 Å². The van der Waals surface area contributed by atoms with Crippen LogP contribution in [0.15, 0.2) is 48.5 Å². The zero-order valence-corrected chi connectivity index (χ0v) is 17.0. The second-order valence-electron chi connectivity index (χ2n) is 7.53. The van der Waals surface area contributed by atoms with Crippen LogP contribution in [0.5, 0.6) is 0 Å². The Balaban J connectivity index is 1.71. The highest BCUT2D eigenvalue weighted by Crippen LogP contribution is 2.31. The normalized spacial score (nSPS) is 19.6. The topological polar surface area (TPSA) is 78.9 Å². The van der Waals surface area contributed by atoms with E-state index in [4.69, 9.17) is 4.74 Å². The Hall–Kier alpha value is -2.91. The number of rotatable bonds is 5. The highest BCUT2D eigenvalue weighted by atomic mass is 19.4. The largest absolute Gasteiger partial charge is 0.416 e. The molecule has 166 valence electrons. The number of hydrogen-bond acceptors (Lipinski definition) is 4. The number of morpholine rings is 1. The molecule has 9 heteroatoms. The Morgan fingerprint density at radius 3 is 2.29 bits per heavy atom. The Labute approximate surface area is 177 Å². The first-order chi connectivity index (χ1) is 14.6. The van der Waals surface area contributed by atoms with Crippen LogP contribution in [0.2, 0.25) is 0 Å². The third kappa shape index (κ3) is 5.05. The van der Waals surface area contributed by atoms with Gasteiger partial charge in [-0.25, -0.2) is 0 Å². The molecule has 2 N–H and O–H groups in total. The van der Waals surface area contributed by atoms with E-state index in [0.29, 0.717) is 5.69 Å². The van der Waals surface area contributed by atoms with Crippen LogP contribution in [0.4, 0.5) is 18.9 Å². The van der Waals surface area contributed by atoms with Gasteiger partial charge in [-0.1, -0.05) is 12.1 Å². The van der Waals surface area contributed by atoms with Gasteiger partial charge in [-0.05, 0) is 55.8 Å². The Morgan fingerprint density at radius 1 is 1.16 bits per heavy atom. The summed E-state index contributed by atoms with van der Waals surface area (Å²) in [6, 6.07) is 10.00. The van der Waals surface area contributed by atoms with Crippen molar-refractivity contribution in [2.75, 3.05) is 18.5 Å². The molecule has 2 unspecified atom stereocenters. The lowest BCUT2D eigenvalue weighted by atomic mass is 9.98. The van der Waals surface area contributed by atoms with Crippen molar-refractivity contribution >= 4 is 17.5 Å². The van der Waals surface area contributed by atoms with Crippen molar-refractivity contribution in [3.8, 4) is 0 Å². The standard InChI is InChI=1S/C22H23F3N2O4/c1-13(2)27-18(11-28)20(31-12-19(27)29)14-5-9-17(10-6-14)26-21(30)15-3-7-16(8-4-15)22(23,24)25/h3-10,13,18,20,28H,11-12H2,1-2H3,(H,26,30). The van der Waals surface area contributed by atoms with E-state index < -0.39 is 29.8 Å². The molecular formula is C22H23F3N2O4. The molecule has 2 amide bonds. The van der Waals surface area contributed by atoms with Crippen LogP contribution in [0, 0.1) is 0 Å². The fourth-order valence-corrected chi connectivity index (χ4v) is 3.62. The van der Waals surface area contributed by atoms with Gasteiger partial charge in [0.25, 0.3) is 5.91 Å². The van der Waals surface area contributed by atoms with E-state index in [-0.39, 0.29) is 30.7 Å². The second kappa shape index (κ2) is 9.07. The molecule has 1 aliphatic rings. The highest BCUT2D eigenvalue weighted by Gasteiger charge is 2.38. The van der Waals surface area contributed by atoms with E-state index in [1.54, 1.807) is 29.2 Å². The van der Waals surface area contributed by atoms with Crippen molar-refractivity contribution in [1.82, 2.24) is 4.90 Å². The molecule has 0 aliphatic carbocycles. The van der Waals surface area contributed by atoms with Crippen molar-refractivity contribution in [3.63, 3.8) is 0 Å². The monoisotopic (exact) mass is 436 g/mol. The highest BCUT2D eigenvalue weighted by molar-refractivity contribution is 6.04. The number of aliphatic hydroxyl groups is 1. The van der Waals surface area contributed by atoms with E-state index in [0.717, 1.165) is 29.8 Å². The first-order valence-corrected chi connectivity index (χ1v) is 9.74. The average Bonchev–Trinajstić information content (AvgIpc) is 2.73. The molecule has 0 bridgehead atoms. The number of ether oxygens (including phenoxy) is 1. The van der Waals surface area contributed by atoms with Gasteiger partial charge in [-0.3, -0.25) is 9.59 Å². The van der Waals surface area contributed by atoms with Crippen LogP contribution < -0.4 is 5.32 Å². The van der Waals surface area contributed by atoms with Crippen molar-refractivity contribution in [2.24, 2.45) is 0 Å². The van der Waals surface area contributed by atoms with Crippen LogP contribution >= 0.6 is 0 Å². The summed E-state index contributed by atoms with van der Waals surface area (Å²) in [5.74, 6) is -0.731. The zero-order chi connectivity index (χ0) is 22.8. The molecular weight excluding hydrogens is 413 g/mol. The molecule has 0 saturated carbocycles. The van der Waals surface area contributed by atoms with Gasteiger partial charge in [0.05, 0.1) is 18.2 Å². The number of alkyl halides is 3. The number of anilines is 1. The number of aliphatic hydroxyl groups excluding tert-OH is 1. The molecule has 0 aromatic heterocycles. The lowest BCUT2D eigenvalue weighted by molar-refractivity contribution is -0.164. The molecule has 0 radical (unpaired) electrons. The summed E-state index contributed by atoms with van der Waals surface area (Å²) in [4.78, 5) is 26.1. The fourth-order valence-electron chi connectivity index (χ4n) is 3.62. The van der Waals surface area contributed by atoms with Gasteiger partial charge in [0.1, 0.15) is 12.7 Å². The fraction of sp³-hybridized carbons (Fsp3) is 0.364. The summed E-state index contributed by atoms with van der Waals surface area (Å²) in [5, 5.41) is 12.5. The maximum absolute atomic E-state index is 12.7. The third-order valence-electron chi connectivity index (χ3n) is 5.10. The van der Waals surface area contributed by atoms with Gasteiger partial charge in [-0.15, -0.1) is 0 Å². The number of nitrogens with zero attached hydrogens (tertiary/aromatic N) is 1. The first kappa shape index (κ1) is 22.8. The molecule has 2 atom stereocenters. The Morgan fingerprint density at radius 2 is 1.77 bits per heavy atom. The van der Waals surface area contributed by atoms with E-state index in [2.05, 4.69) is 5.32 Å². The first-order valence-electron chi connectivity index (χ1n) is 9.74. The molecule has 1 saturated heterocycles. The molecule has 6 nitrogen and oxygen atoms in total. The Kier molecular flexibility index (Phi) is 6.66. The molecule has 31 heavy (non-hydrogen) atoms. The number of nitrogens with one attached hydrogen (secondary N) is 1. The molecule has 2 aromatic carbocycles. The average molecular weight is 436 g/mol. The summed E-state index contributed by atoms with van der Waals surface area (Å²) in [6.07, 6.45) is -4.99. The van der Waals surface area contributed by atoms with Crippen molar-refractivity contribution in [2.45, 2.75) is 38.2 Å². The number of carbonyl (C=O) groups excluding carboxylic acids is 2. The second-order valence-corrected chi connectivity index (χ2v) is 7.53. The number of amides is 2. The molecule has 1 fully saturated rings. The minimum Gasteiger partial charge on any atom is -0.394 e. The summed E-state index contributed by atoms with van der Waals surface area (Å²) in [7, 11) is 0. The SMILES string of the molecule is CC(C)N1C(=O)COC(c2ccc(NC(=O)c3ccc(C(F)(F)F)cc3)cc2)C1CO. The van der Waals surface area contributed by atoms with E-state index >= 15 is 0 Å². The van der Waals surface area contributed by atoms with Gasteiger partial charge < -0.3 is 20.1 Å². The lowest BCUT2D eigenvalue weighted by Crippen LogP contribution is -2.55. The lowest BCUT2D eigenvalue weighted by Gasteiger charge is -2.42. The molecule has 2 aromatic rings. The van der Waals surface area contributed by atoms with E-state index in [1.807, 2.05) is 13.8 Å². The van der Waals surface area contributed by atoms with Crippen molar-refractivity contribution < 1.29 is 32.6 Å². The van der Waals surface area contributed by atoms with Gasteiger partial charge in [0.15, 0.2) is 0 Å². The zero-order valence-electron chi connectivity index (χ0n) is 17.0. The molecule has 3 rings (SSSR count). The maximum atomic E-state index is 12.7. The maximum Gasteiger partial charge on any atom is 0.416 e. The number of halogens is 3. The predicted molar refractivity (Wildman–Crippen MR) is 107 cm³/mol. The van der Waals surface area contributed by atoms with Crippen LogP contribution in [0.1, 0.15) is 41.4 Å². The summed E-state index contributed by atoms with van der Waals surface area (Å²) < 4.78 is 43.6. The molecule has 1 heterocycles. The smallest absolute Gasteiger partial charge is 0.394 e. The molecule has 0 spiro atoms. The van der Waals surface area contributed by atoms with Gasteiger partial charge in [0, 0.05) is 17.3 Å². The number of carbonyl (C=O) groups is 2. The number of benzene rings is 2.